The molecule has 2 nitrogen and oxygen atoms in total. The van der Waals surface area contributed by atoms with Gasteiger partial charge in [0.15, 0.2) is 0 Å². The van der Waals surface area contributed by atoms with E-state index in [1.165, 1.54) is 12.3 Å². The van der Waals surface area contributed by atoms with Gasteiger partial charge in [0.05, 0.1) is 17.6 Å². The third-order valence-electron chi connectivity index (χ3n) is 1.70. The van der Waals surface area contributed by atoms with Gasteiger partial charge in [-0.1, -0.05) is 13.8 Å². The normalized spacial score (nSPS) is 10.4. The molecule has 1 rings (SSSR count). The van der Waals surface area contributed by atoms with E-state index in [1.54, 1.807) is 7.05 Å². The van der Waals surface area contributed by atoms with Crippen LogP contribution < -0.4 is 5.32 Å². The summed E-state index contributed by atoms with van der Waals surface area (Å²) in [6.07, 6.45) is 1.25. The molecule has 0 aliphatic heterocycles. The van der Waals surface area contributed by atoms with Crippen molar-refractivity contribution < 1.29 is 4.39 Å². The Balaban J connectivity index is 3.11. The molecular weight excluding hydrogens is 155 g/mol. The quantitative estimate of drug-likeness (QED) is 0.733. The molecule has 3 heteroatoms. The predicted molar refractivity (Wildman–Crippen MR) is 47.8 cm³/mol. The molecule has 0 aliphatic rings. The van der Waals surface area contributed by atoms with Crippen LogP contribution in [-0.2, 0) is 0 Å². The number of rotatable bonds is 2. The molecule has 0 spiro atoms. The molecule has 1 aromatic rings. The summed E-state index contributed by atoms with van der Waals surface area (Å²) < 4.78 is 12.7. The minimum absolute atomic E-state index is 0.302. The van der Waals surface area contributed by atoms with Crippen LogP contribution in [0.5, 0.6) is 0 Å². The minimum Gasteiger partial charge on any atom is -0.387 e. The van der Waals surface area contributed by atoms with Crippen molar-refractivity contribution in [2.45, 2.75) is 19.8 Å². The van der Waals surface area contributed by atoms with Crippen LogP contribution in [0.4, 0.5) is 10.1 Å². The number of anilines is 1. The van der Waals surface area contributed by atoms with Crippen LogP contribution >= 0.6 is 0 Å². The highest BCUT2D eigenvalue weighted by Gasteiger charge is 2.07. The van der Waals surface area contributed by atoms with Crippen molar-refractivity contribution in [2.24, 2.45) is 0 Å². The van der Waals surface area contributed by atoms with Gasteiger partial charge in [-0.25, -0.2) is 4.39 Å². The molecule has 0 atom stereocenters. The second-order valence-electron chi connectivity index (χ2n) is 2.99. The van der Waals surface area contributed by atoms with Crippen molar-refractivity contribution >= 4 is 5.69 Å². The first-order valence-corrected chi connectivity index (χ1v) is 3.98. The van der Waals surface area contributed by atoms with Gasteiger partial charge in [0.25, 0.3) is 0 Å². The maximum atomic E-state index is 12.7. The Bertz CT molecular complexity index is 271. The molecule has 0 saturated carbocycles. The Hall–Kier alpha value is -1.12. The molecule has 0 saturated heterocycles. The van der Waals surface area contributed by atoms with Crippen LogP contribution in [0.1, 0.15) is 25.5 Å². The lowest BCUT2D eigenvalue weighted by Gasteiger charge is -2.10. The summed E-state index contributed by atoms with van der Waals surface area (Å²) >= 11 is 0. The van der Waals surface area contributed by atoms with Gasteiger partial charge in [0.2, 0.25) is 0 Å². The standard InChI is InChI=1S/C9H13FN2/c1-6(2)9-8(11-3)4-7(10)5-12-9/h4-6,11H,1-3H3. The molecule has 1 heterocycles. The van der Waals surface area contributed by atoms with E-state index in [1.807, 2.05) is 13.8 Å². The van der Waals surface area contributed by atoms with Gasteiger partial charge in [-0.2, -0.15) is 0 Å². The van der Waals surface area contributed by atoms with Crippen molar-refractivity contribution in [3.63, 3.8) is 0 Å². The van der Waals surface area contributed by atoms with E-state index in [9.17, 15) is 4.39 Å². The lowest BCUT2D eigenvalue weighted by atomic mass is 10.1. The number of nitrogens with zero attached hydrogens (tertiary/aromatic N) is 1. The summed E-state index contributed by atoms with van der Waals surface area (Å²) in [6, 6.07) is 1.46. The van der Waals surface area contributed by atoms with Crippen LogP contribution in [-0.4, -0.2) is 12.0 Å². The summed E-state index contributed by atoms with van der Waals surface area (Å²) in [7, 11) is 1.77. The van der Waals surface area contributed by atoms with E-state index in [2.05, 4.69) is 10.3 Å². The number of aromatic nitrogens is 1. The number of nitrogens with one attached hydrogen (secondary N) is 1. The van der Waals surface area contributed by atoms with Gasteiger partial charge in [-0.15, -0.1) is 0 Å². The molecule has 1 aromatic heterocycles. The van der Waals surface area contributed by atoms with Gasteiger partial charge in [0.1, 0.15) is 5.82 Å². The summed E-state index contributed by atoms with van der Waals surface area (Å²) in [5.41, 5.74) is 1.67. The summed E-state index contributed by atoms with van der Waals surface area (Å²) in [4.78, 5) is 4.01. The Morgan fingerprint density at radius 2 is 2.17 bits per heavy atom. The van der Waals surface area contributed by atoms with Gasteiger partial charge in [-0.3, -0.25) is 4.98 Å². The zero-order valence-electron chi connectivity index (χ0n) is 7.56. The zero-order valence-corrected chi connectivity index (χ0v) is 7.56. The molecule has 1 N–H and O–H groups in total. The highest BCUT2D eigenvalue weighted by molar-refractivity contribution is 5.48. The number of pyridine rings is 1. The van der Waals surface area contributed by atoms with Crippen molar-refractivity contribution in [2.75, 3.05) is 12.4 Å². The molecule has 0 aromatic carbocycles. The predicted octanol–water partition coefficient (Wildman–Crippen LogP) is 2.39. The third kappa shape index (κ3) is 1.72. The first-order valence-electron chi connectivity index (χ1n) is 3.98. The topological polar surface area (TPSA) is 24.9 Å². The van der Waals surface area contributed by atoms with Crippen LogP contribution in [0.2, 0.25) is 0 Å². The molecule has 12 heavy (non-hydrogen) atoms. The Morgan fingerprint density at radius 1 is 1.50 bits per heavy atom. The highest BCUT2D eigenvalue weighted by Crippen LogP contribution is 2.21. The van der Waals surface area contributed by atoms with Gasteiger partial charge >= 0.3 is 0 Å². The second-order valence-corrected chi connectivity index (χ2v) is 2.99. The first-order chi connectivity index (χ1) is 5.65. The molecular formula is C9H13FN2. The van der Waals surface area contributed by atoms with Crippen LogP contribution in [0.15, 0.2) is 12.3 Å². The summed E-state index contributed by atoms with van der Waals surface area (Å²) in [5, 5.41) is 2.92. The maximum absolute atomic E-state index is 12.7. The van der Waals surface area contributed by atoms with Crippen molar-refractivity contribution in [1.29, 1.82) is 0 Å². The average Bonchev–Trinajstić information content (AvgIpc) is 2.03. The Labute approximate surface area is 71.8 Å². The van der Waals surface area contributed by atoms with Gasteiger partial charge in [0, 0.05) is 13.1 Å². The second kappa shape index (κ2) is 3.52. The fraction of sp³-hybridized carbons (Fsp3) is 0.444. The lowest BCUT2D eigenvalue weighted by Crippen LogP contribution is -2.01. The SMILES string of the molecule is CNc1cc(F)cnc1C(C)C. The monoisotopic (exact) mass is 168 g/mol. The Morgan fingerprint density at radius 3 is 2.67 bits per heavy atom. The average molecular weight is 168 g/mol. The largest absolute Gasteiger partial charge is 0.387 e. The lowest BCUT2D eigenvalue weighted by molar-refractivity contribution is 0.618. The molecule has 0 radical (unpaired) electrons. The van der Waals surface area contributed by atoms with Crippen molar-refractivity contribution in [1.82, 2.24) is 4.98 Å². The number of halogens is 1. The smallest absolute Gasteiger partial charge is 0.143 e. The maximum Gasteiger partial charge on any atom is 0.143 e. The highest BCUT2D eigenvalue weighted by atomic mass is 19.1. The Kier molecular flexibility index (Phi) is 2.63. The van der Waals surface area contributed by atoms with E-state index in [4.69, 9.17) is 0 Å². The fourth-order valence-electron chi connectivity index (χ4n) is 1.11. The number of hydrogen-bond acceptors (Lipinski definition) is 2. The third-order valence-corrected chi connectivity index (χ3v) is 1.70. The van der Waals surface area contributed by atoms with Crippen molar-refractivity contribution in [3.05, 3.63) is 23.8 Å². The summed E-state index contributed by atoms with van der Waals surface area (Å²) in [6.45, 7) is 4.06. The molecule has 0 fully saturated rings. The van der Waals surface area contributed by atoms with Crippen LogP contribution in [0, 0.1) is 5.82 Å². The van der Waals surface area contributed by atoms with E-state index < -0.39 is 0 Å². The van der Waals surface area contributed by atoms with Crippen LogP contribution in [0.25, 0.3) is 0 Å². The van der Waals surface area contributed by atoms with Gasteiger partial charge in [-0.05, 0) is 5.92 Å². The molecule has 0 bridgehead atoms. The zero-order chi connectivity index (χ0) is 9.14. The molecule has 0 amide bonds. The number of hydrogen-bond donors (Lipinski definition) is 1. The molecule has 0 unspecified atom stereocenters. The molecule has 66 valence electrons. The molecule has 0 aliphatic carbocycles. The first kappa shape index (κ1) is 8.97. The minimum atomic E-state index is -0.302. The van der Waals surface area contributed by atoms with E-state index >= 15 is 0 Å². The van der Waals surface area contributed by atoms with E-state index in [-0.39, 0.29) is 5.82 Å². The van der Waals surface area contributed by atoms with Crippen LogP contribution in [0.3, 0.4) is 0 Å². The van der Waals surface area contributed by atoms with E-state index in [0.717, 1.165) is 11.4 Å². The van der Waals surface area contributed by atoms with Gasteiger partial charge < -0.3 is 5.32 Å². The fourth-order valence-corrected chi connectivity index (χ4v) is 1.11. The van der Waals surface area contributed by atoms with E-state index in [0.29, 0.717) is 5.92 Å². The van der Waals surface area contributed by atoms with Crippen molar-refractivity contribution in [3.8, 4) is 0 Å². The summed E-state index contributed by atoms with van der Waals surface area (Å²) in [5.74, 6) is 0.0109.